The van der Waals surface area contributed by atoms with Crippen LogP contribution in [0.1, 0.15) is 20.7 Å². The lowest BCUT2D eigenvalue weighted by Gasteiger charge is -2.11. The zero-order valence-electron chi connectivity index (χ0n) is 15.4. The molecular weight excluding hydrogens is 368 g/mol. The van der Waals surface area contributed by atoms with Gasteiger partial charge in [-0.05, 0) is 42.5 Å². The van der Waals surface area contributed by atoms with Crippen molar-refractivity contribution in [1.29, 1.82) is 0 Å². The Morgan fingerprint density at radius 3 is 1.93 bits per heavy atom. The van der Waals surface area contributed by atoms with E-state index in [0.29, 0.717) is 11.4 Å². The number of benzene rings is 2. The highest BCUT2D eigenvalue weighted by molar-refractivity contribution is 6.44. The fourth-order valence-electron chi connectivity index (χ4n) is 2.22. The third-order valence-corrected chi connectivity index (χ3v) is 3.65. The molecule has 2 N–H and O–H groups in total. The number of rotatable bonds is 5. The second kappa shape index (κ2) is 9.17. The standard InChI is InChI=1S/C19H18N2O7/c1-26-13-7-5-12(6-8-13)20-16(22)17(23)21-15-10-11(18(24)27-2)4-9-14(15)19(25)28-3/h4-10H,1-3H3,(H,20,22)(H,21,23). The molecule has 146 valence electrons. The number of ether oxygens (including phenoxy) is 3. The topological polar surface area (TPSA) is 120 Å². The number of carbonyl (C=O) groups is 4. The summed E-state index contributed by atoms with van der Waals surface area (Å²) in [6.07, 6.45) is 0. The fraction of sp³-hybridized carbons (Fsp3) is 0.158. The number of amides is 2. The summed E-state index contributed by atoms with van der Waals surface area (Å²) in [5, 5.41) is 4.71. The Kier molecular flexibility index (Phi) is 6.69. The van der Waals surface area contributed by atoms with Crippen molar-refractivity contribution < 1.29 is 33.4 Å². The zero-order chi connectivity index (χ0) is 20.7. The smallest absolute Gasteiger partial charge is 0.339 e. The lowest BCUT2D eigenvalue weighted by molar-refractivity contribution is -0.133. The van der Waals surface area contributed by atoms with Gasteiger partial charge >= 0.3 is 23.8 Å². The number of anilines is 2. The molecule has 9 heteroatoms. The van der Waals surface area contributed by atoms with Crippen LogP contribution in [0.5, 0.6) is 5.75 Å². The van der Waals surface area contributed by atoms with E-state index in [1.165, 1.54) is 39.5 Å². The van der Waals surface area contributed by atoms with E-state index in [9.17, 15) is 19.2 Å². The number of esters is 2. The highest BCUT2D eigenvalue weighted by atomic mass is 16.5. The summed E-state index contributed by atoms with van der Waals surface area (Å²) in [6.45, 7) is 0. The molecule has 0 unspecified atom stereocenters. The van der Waals surface area contributed by atoms with Gasteiger partial charge in [-0.2, -0.15) is 0 Å². The molecule has 2 aromatic carbocycles. The minimum absolute atomic E-state index is 0.0271. The molecule has 0 atom stereocenters. The Morgan fingerprint density at radius 2 is 1.36 bits per heavy atom. The van der Waals surface area contributed by atoms with Gasteiger partial charge in [-0.1, -0.05) is 0 Å². The summed E-state index contributed by atoms with van der Waals surface area (Å²) >= 11 is 0. The summed E-state index contributed by atoms with van der Waals surface area (Å²) in [5.41, 5.74) is 0.365. The van der Waals surface area contributed by atoms with E-state index in [4.69, 9.17) is 4.74 Å². The minimum atomic E-state index is -1.04. The minimum Gasteiger partial charge on any atom is -0.497 e. The van der Waals surface area contributed by atoms with Crippen molar-refractivity contribution in [2.45, 2.75) is 0 Å². The van der Waals surface area contributed by atoms with Gasteiger partial charge in [0.2, 0.25) is 0 Å². The molecule has 0 radical (unpaired) electrons. The quantitative estimate of drug-likeness (QED) is 0.594. The van der Waals surface area contributed by atoms with Crippen LogP contribution in [0.4, 0.5) is 11.4 Å². The Morgan fingerprint density at radius 1 is 0.750 bits per heavy atom. The van der Waals surface area contributed by atoms with Gasteiger partial charge < -0.3 is 24.8 Å². The van der Waals surface area contributed by atoms with E-state index in [-0.39, 0.29) is 16.8 Å². The molecule has 2 rings (SSSR count). The molecule has 2 amide bonds. The number of nitrogens with one attached hydrogen (secondary N) is 2. The first-order valence-electron chi connectivity index (χ1n) is 7.96. The van der Waals surface area contributed by atoms with Crippen LogP contribution in [-0.4, -0.2) is 45.1 Å². The van der Waals surface area contributed by atoms with Gasteiger partial charge in [0.05, 0.1) is 38.1 Å². The van der Waals surface area contributed by atoms with Gasteiger partial charge in [0.25, 0.3) is 0 Å². The summed E-state index contributed by atoms with van der Waals surface area (Å²) < 4.78 is 14.3. The normalized spacial score (nSPS) is 9.82. The summed E-state index contributed by atoms with van der Waals surface area (Å²) in [5.74, 6) is -2.84. The SMILES string of the molecule is COC(=O)c1ccc(C(=O)OC)c(NC(=O)C(=O)Nc2ccc(OC)cc2)c1. The first kappa shape index (κ1) is 20.4. The predicted octanol–water partition coefficient (Wildman–Crippen LogP) is 1.85. The molecule has 0 heterocycles. The zero-order valence-corrected chi connectivity index (χ0v) is 15.4. The lowest BCUT2D eigenvalue weighted by Crippen LogP contribution is -2.30. The van der Waals surface area contributed by atoms with Crippen LogP contribution in [0, 0.1) is 0 Å². The summed E-state index contributed by atoms with van der Waals surface area (Å²) in [4.78, 5) is 47.9. The lowest BCUT2D eigenvalue weighted by atomic mass is 10.1. The van der Waals surface area contributed by atoms with Crippen molar-refractivity contribution >= 4 is 35.1 Å². The number of hydrogen-bond donors (Lipinski definition) is 2. The van der Waals surface area contributed by atoms with E-state index in [1.807, 2.05) is 0 Å². The molecule has 0 aliphatic rings. The average molecular weight is 386 g/mol. The summed E-state index contributed by atoms with van der Waals surface area (Å²) in [6, 6.07) is 10.2. The van der Waals surface area contributed by atoms with Crippen molar-refractivity contribution in [2.75, 3.05) is 32.0 Å². The van der Waals surface area contributed by atoms with E-state index >= 15 is 0 Å². The van der Waals surface area contributed by atoms with Gasteiger partial charge in [0.1, 0.15) is 5.75 Å². The fourth-order valence-corrected chi connectivity index (χ4v) is 2.22. The Hall–Kier alpha value is -3.88. The van der Waals surface area contributed by atoms with Gasteiger partial charge in [-0.3, -0.25) is 9.59 Å². The molecular formula is C19H18N2O7. The van der Waals surface area contributed by atoms with E-state index in [0.717, 1.165) is 0 Å². The van der Waals surface area contributed by atoms with Crippen LogP contribution in [0.15, 0.2) is 42.5 Å². The third-order valence-electron chi connectivity index (χ3n) is 3.65. The molecule has 28 heavy (non-hydrogen) atoms. The van der Waals surface area contributed by atoms with Crippen molar-refractivity contribution in [3.63, 3.8) is 0 Å². The maximum atomic E-state index is 12.2. The number of hydrogen-bond acceptors (Lipinski definition) is 7. The van der Waals surface area contributed by atoms with Crippen LogP contribution in [0.2, 0.25) is 0 Å². The molecule has 0 aromatic heterocycles. The van der Waals surface area contributed by atoms with Crippen molar-refractivity contribution in [1.82, 2.24) is 0 Å². The monoisotopic (exact) mass is 386 g/mol. The molecule has 9 nitrogen and oxygen atoms in total. The van der Waals surface area contributed by atoms with Crippen LogP contribution in [0.25, 0.3) is 0 Å². The predicted molar refractivity (Wildman–Crippen MR) is 99.4 cm³/mol. The Labute approximate surface area is 160 Å². The second-order valence-electron chi connectivity index (χ2n) is 5.38. The maximum absolute atomic E-state index is 12.2. The van der Waals surface area contributed by atoms with Crippen LogP contribution >= 0.6 is 0 Å². The highest BCUT2D eigenvalue weighted by Crippen LogP contribution is 2.20. The van der Waals surface area contributed by atoms with Crippen molar-refractivity contribution in [3.8, 4) is 5.75 Å². The molecule has 0 spiro atoms. The third kappa shape index (κ3) is 4.85. The number of carbonyl (C=O) groups excluding carboxylic acids is 4. The molecule has 0 saturated carbocycles. The van der Waals surface area contributed by atoms with Crippen LogP contribution in [-0.2, 0) is 19.1 Å². The largest absolute Gasteiger partial charge is 0.497 e. The van der Waals surface area contributed by atoms with Crippen molar-refractivity contribution in [2.24, 2.45) is 0 Å². The van der Waals surface area contributed by atoms with Crippen LogP contribution < -0.4 is 15.4 Å². The van der Waals surface area contributed by atoms with Gasteiger partial charge in [0.15, 0.2) is 0 Å². The molecule has 0 aliphatic carbocycles. The Bertz CT molecular complexity index is 907. The first-order valence-corrected chi connectivity index (χ1v) is 7.96. The van der Waals surface area contributed by atoms with Crippen LogP contribution in [0.3, 0.4) is 0 Å². The van der Waals surface area contributed by atoms with Gasteiger partial charge in [-0.15, -0.1) is 0 Å². The summed E-state index contributed by atoms with van der Waals surface area (Å²) in [7, 11) is 3.86. The Balaban J connectivity index is 2.21. The maximum Gasteiger partial charge on any atom is 0.339 e. The second-order valence-corrected chi connectivity index (χ2v) is 5.38. The molecule has 0 saturated heterocycles. The van der Waals surface area contributed by atoms with E-state index < -0.39 is 23.8 Å². The average Bonchev–Trinajstić information content (AvgIpc) is 2.72. The molecule has 0 fully saturated rings. The first-order chi connectivity index (χ1) is 13.4. The van der Waals surface area contributed by atoms with E-state index in [2.05, 4.69) is 20.1 Å². The van der Waals surface area contributed by atoms with Gasteiger partial charge in [0, 0.05) is 5.69 Å². The molecule has 0 bridgehead atoms. The molecule has 0 aliphatic heterocycles. The number of methoxy groups -OCH3 is 3. The molecule has 2 aromatic rings. The van der Waals surface area contributed by atoms with E-state index in [1.54, 1.807) is 24.3 Å². The highest BCUT2D eigenvalue weighted by Gasteiger charge is 2.20. The van der Waals surface area contributed by atoms with Crippen molar-refractivity contribution in [3.05, 3.63) is 53.6 Å². The van der Waals surface area contributed by atoms with Gasteiger partial charge in [-0.25, -0.2) is 9.59 Å².